The van der Waals surface area contributed by atoms with Crippen LogP contribution < -0.4 is 5.56 Å². The smallest absolute Gasteiger partial charge is 0.278 e. The van der Waals surface area contributed by atoms with E-state index in [1.54, 1.807) is 11.3 Å². The van der Waals surface area contributed by atoms with Crippen LogP contribution in [0.25, 0.3) is 16.3 Å². The molecule has 3 aromatic heterocycles. The lowest BCUT2D eigenvalue weighted by molar-refractivity contribution is 0.797. The van der Waals surface area contributed by atoms with E-state index in [9.17, 15) is 4.79 Å². The molecule has 0 fully saturated rings. The van der Waals surface area contributed by atoms with E-state index in [4.69, 9.17) is 0 Å². The van der Waals surface area contributed by atoms with Crippen molar-refractivity contribution in [1.82, 2.24) is 19.6 Å². The van der Waals surface area contributed by atoms with E-state index in [2.05, 4.69) is 40.4 Å². The minimum Gasteiger partial charge on any atom is -0.278 e. The second kappa shape index (κ2) is 5.11. The molecule has 0 bridgehead atoms. The third-order valence-electron chi connectivity index (χ3n) is 3.56. The van der Waals surface area contributed by atoms with Crippen LogP contribution in [0, 0.1) is 0 Å². The predicted molar refractivity (Wildman–Crippen MR) is 85.1 cm³/mol. The molecular weight excluding hydrogens is 284 g/mol. The Morgan fingerprint density at radius 1 is 1.24 bits per heavy atom. The van der Waals surface area contributed by atoms with Gasteiger partial charge in [-0.05, 0) is 28.8 Å². The first-order valence-corrected chi connectivity index (χ1v) is 7.91. The molecule has 0 aliphatic heterocycles. The van der Waals surface area contributed by atoms with Crippen LogP contribution in [0.15, 0.2) is 22.6 Å². The highest BCUT2D eigenvalue weighted by atomic mass is 32.1. The summed E-state index contributed by atoms with van der Waals surface area (Å²) in [7, 11) is 0. The first-order valence-electron chi connectivity index (χ1n) is 7.04. The molecule has 3 aromatic rings. The number of rotatable bonds is 3. The number of thiophene rings is 1. The summed E-state index contributed by atoms with van der Waals surface area (Å²) in [6.07, 6.45) is 1.49. The van der Waals surface area contributed by atoms with Crippen LogP contribution in [0.2, 0.25) is 0 Å². The van der Waals surface area contributed by atoms with E-state index in [1.807, 2.05) is 13.8 Å². The maximum absolute atomic E-state index is 12.6. The van der Waals surface area contributed by atoms with E-state index in [-0.39, 0.29) is 11.5 Å². The number of aromatic nitrogens is 4. The van der Waals surface area contributed by atoms with Crippen LogP contribution in [0.1, 0.15) is 50.7 Å². The van der Waals surface area contributed by atoms with Crippen molar-refractivity contribution >= 4 is 17.1 Å². The highest BCUT2D eigenvalue weighted by Gasteiger charge is 2.19. The lowest BCUT2D eigenvalue weighted by atomic mass is 10.0. The fourth-order valence-corrected chi connectivity index (χ4v) is 3.43. The minimum atomic E-state index is -0.0676. The lowest BCUT2D eigenvalue weighted by Crippen LogP contribution is -2.22. The molecule has 0 spiro atoms. The SMILES string of the molecule is CC(C)c1csc(-c2nc3nc[nH]n3c(=O)c2C(C)C)c1. The summed E-state index contributed by atoms with van der Waals surface area (Å²) in [5.41, 5.74) is 2.70. The average Bonchev–Trinajstić information content (AvgIpc) is 3.06. The molecule has 0 amide bonds. The largest absolute Gasteiger partial charge is 0.278 e. The van der Waals surface area contributed by atoms with Gasteiger partial charge in [-0.1, -0.05) is 27.7 Å². The molecule has 0 atom stereocenters. The van der Waals surface area contributed by atoms with Crippen LogP contribution >= 0.6 is 11.3 Å². The molecule has 0 saturated carbocycles. The molecule has 0 saturated heterocycles. The Hall–Kier alpha value is -1.95. The van der Waals surface area contributed by atoms with Crippen molar-refractivity contribution in [2.45, 2.75) is 39.5 Å². The van der Waals surface area contributed by atoms with Crippen molar-refractivity contribution in [3.05, 3.63) is 39.3 Å². The van der Waals surface area contributed by atoms with Gasteiger partial charge < -0.3 is 0 Å². The molecule has 1 N–H and O–H groups in total. The Kier molecular flexibility index (Phi) is 3.41. The van der Waals surface area contributed by atoms with E-state index < -0.39 is 0 Å². The molecule has 5 nitrogen and oxygen atoms in total. The fourth-order valence-electron chi connectivity index (χ4n) is 2.36. The topological polar surface area (TPSA) is 63.1 Å². The Bertz CT molecular complexity index is 841. The number of nitrogens with zero attached hydrogens (tertiary/aromatic N) is 3. The first-order chi connectivity index (χ1) is 9.99. The zero-order chi connectivity index (χ0) is 15.1. The molecule has 21 heavy (non-hydrogen) atoms. The van der Waals surface area contributed by atoms with Gasteiger partial charge >= 0.3 is 0 Å². The molecule has 0 unspecified atom stereocenters. The van der Waals surface area contributed by atoms with Crippen LogP contribution in [0.4, 0.5) is 0 Å². The molecule has 0 aliphatic carbocycles. The van der Waals surface area contributed by atoms with Crippen LogP contribution in [-0.2, 0) is 0 Å². The average molecular weight is 302 g/mol. The quantitative estimate of drug-likeness (QED) is 0.806. The molecule has 0 aromatic carbocycles. The van der Waals surface area contributed by atoms with Gasteiger partial charge in [-0.2, -0.15) is 4.52 Å². The molecule has 0 radical (unpaired) electrons. The van der Waals surface area contributed by atoms with Gasteiger partial charge in [0.05, 0.1) is 10.6 Å². The van der Waals surface area contributed by atoms with Crippen molar-refractivity contribution in [1.29, 1.82) is 0 Å². The van der Waals surface area contributed by atoms with Gasteiger partial charge in [0.1, 0.15) is 6.33 Å². The number of H-pyrrole nitrogens is 1. The van der Waals surface area contributed by atoms with Crippen LogP contribution in [0.5, 0.6) is 0 Å². The van der Waals surface area contributed by atoms with E-state index >= 15 is 0 Å². The summed E-state index contributed by atoms with van der Waals surface area (Å²) in [5, 5.41) is 4.96. The van der Waals surface area contributed by atoms with Crippen LogP contribution in [0.3, 0.4) is 0 Å². The molecular formula is C15H18N4OS. The van der Waals surface area contributed by atoms with E-state index in [1.165, 1.54) is 16.4 Å². The third kappa shape index (κ3) is 2.29. The summed E-state index contributed by atoms with van der Waals surface area (Å²) in [4.78, 5) is 22.4. The zero-order valence-corrected chi connectivity index (χ0v) is 13.4. The third-order valence-corrected chi connectivity index (χ3v) is 4.52. The molecule has 0 aliphatic rings. The summed E-state index contributed by atoms with van der Waals surface area (Å²) < 4.78 is 1.40. The van der Waals surface area contributed by atoms with Crippen molar-refractivity contribution < 1.29 is 0 Å². The van der Waals surface area contributed by atoms with Gasteiger partial charge in [0.25, 0.3) is 11.3 Å². The van der Waals surface area contributed by atoms with Crippen molar-refractivity contribution in [3.8, 4) is 10.6 Å². The monoisotopic (exact) mass is 302 g/mol. The van der Waals surface area contributed by atoms with Gasteiger partial charge in [0, 0.05) is 5.56 Å². The summed E-state index contributed by atoms with van der Waals surface area (Å²) >= 11 is 1.63. The molecule has 3 rings (SSSR count). The van der Waals surface area contributed by atoms with Gasteiger partial charge in [0.2, 0.25) is 0 Å². The van der Waals surface area contributed by atoms with Crippen molar-refractivity contribution in [3.63, 3.8) is 0 Å². The zero-order valence-electron chi connectivity index (χ0n) is 12.5. The fraction of sp³-hybridized carbons (Fsp3) is 0.400. The van der Waals surface area contributed by atoms with Crippen molar-refractivity contribution in [2.24, 2.45) is 0 Å². The van der Waals surface area contributed by atoms with Gasteiger partial charge in [-0.25, -0.2) is 9.97 Å². The highest BCUT2D eigenvalue weighted by molar-refractivity contribution is 7.13. The molecule has 6 heteroatoms. The summed E-state index contributed by atoms with van der Waals surface area (Å²) in [6.45, 7) is 8.35. The number of aromatic amines is 1. The number of hydrogen-bond acceptors (Lipinski definition) is 4. The summed E-state index contributed by atoms with van der Waals surface area (Å²) in [6, 6.07) is 2.13. The number of hydrogen-bond donors (Lipinski definition) is 1. The number of nitrogens with one attached hydrogen (secondary N) is 1. The Morgan fingerprint density at radius 3 is 2.62 bits per heavy atom. The lowest BCUT2D eigenvalue weighted by Gasteiger charge is -2.09. The van der Waals surface area contributed by atoms with E-state index in [0.29, 0.717) is 11.7 Å². The van der Waals surface area contributed by atoms with Gasteiger partial charge in [0.15, 0.2) is 0 Å². The van der Waals surface area contributed by atoms with Crippen molar-refractivity contribution in [2.75, 3.05) is 0 Å². The number of fused-ring (bicyclic) bond motifs is 1. The second-order valence-corrected chi connectivity index (χ2v) is 6.67. The maximum atomic E-state index is 12.6. The maximum Gasteiger partial charge on any atom is 0.278 e. The first kappa shape index (κ1) is 14.0. The Balaban J connectivity index is 2.29. The normalized spacial score (nSPS) is 11.9. The molecule has 110 valence electrons. The van der Waals surface area contributed by atoms with Gasteiger partial charge in [-0.15, -0.1) is 11.3 Å². The van der Waals surface area contributed by atoms with Gasteiger partial charge in [-0.3, -0.25) is 9.89 Å². The Morgan fingerprint density at radius 2 is 2.00 bits per heavy atom. The van der Waals surface area contributed by atoms with E-state index in [0.717, 1.165) is 16.1 Å². The predicted octanol–water partition coefficient (Wildman–Crippen LogP) is 3.39. The highest BCUT2D eigenvalue weighted by Crippen LogP contribution is 2.32. The second-order valence-electron chi connectivity index (χ2n) is 5.76. The standard InChI is InChI=1S/C15H18N4OS/c1-8(2)10-5-11(21-6-10)13-12(9(3)4)14(20)19-15(18-13)16-7-17-19/h5-9H,1-4H3,(H,16,17,18). The Labute approximate surface area is 126 Å². The van der Waals surface area contributed by atoms with Crippen LogP contribution in [-0.4, -0.2) is 19.6 Å². The molecule has 3 heterocycles. The summed E-state index contributed by atoms with van der Waals surface area (Å²) in [5.74, 6) is 0.983. The minimum absolute atomic E-state index is 0.0676.